The lowest BCUT2D eigenvalue weighted by Gasteiger charge is -2.39. The molecule has 0 saturated carbocycles. The average Bonchev–Trinajstić information content (AvgIpc) is 2.64. The van der Waals surface area contributed by atoms with Crippen LogP contribution >= 0.6 is 0 Å². The molecular weight excluding hydrogens is 323 g/mol. The van der Waals surface area contributed by atoms with Crippen molar-refractivity contribution in [3.63, 3.8) is 0 Å². The predicted octanol–water partition coefficient (Wildman–Crippen LogP) is 2.44. The lowest BCUT2D eigenvalue weighted by atomic mass is 9.92. The molecule has 1 fully saturated rings. The van der Waals surface area contributed by atoms with Crippen LogP contribution in [0.1, 0.15) is 28.8 Å². The zero-order valence-corrected chi connectivity index (χ0v) is 14.1. The Bertz CT molecular complexity index is 753. The number of pyridine rings is 1. The Morgan fingerprint density at radius 3 is 2.96 bits per heavy atom. The van der Waals surface area contributed by atoms with Crippen LogP contribution < -0.4 is 4.74 Å². The van der Waals surface area contributed by atoms with Crippen LogP contribution in [0.2, 0.25) is 0 Å². The molecule has 0 aliphatic carbocycles. The van der Waals surface area contributed by atoms with E-state index in [1.165, 1.54) is 19.4 Å². The Morgan fingerprint density at radius 2 is 2.20 bits per heavy atom. The number of amides is 1. The van der Waals surface area contributed by atoms with E-state index in [1.54, 1.807) is 35.2 Å². The second kappa shape index (κ2) is 7.61. The van der Waals surface area contributed by atoms with E-state index in [0.29, 0.717) is 36.4 Å². The molecule has 0 radical (unpaired) electrons. The minimum Gasteiger partial charge on any atom is -0.481 e. The highest BCUT2D eigenvalue weighted by atomic mass is 19.1. The molecule has 0 unspecified atom stereocenters. The van der Waals surface area contributed by atoms with Gasteiger partial charge in [0.2, 0.25) is 5.88 Å². The number of carbonyl (C=O) groups excluding carboxylic acids is 1. The van der Waals surface area contributed by atoms with Crippen LogP contribution in [0.5, 0.6) is 5.88 Å². The molecule has 1 aromatic heterocycles. The van der Waals surface area contributed by atoms with E-state index >= 15 is 0 Å². The van der Waals surface area contributed by atoms with Gasteiger partial charge in [0, 0.05) is 24.4 Å². The molecule has 1 aliphatic heterocycles. The quantitative estimate of drug-likeness (QED) is 0.925. The lowest BCUT2D eigenvalue weighted by Crippen LogP contribution is -2.52. The number of hydrogen-bond acceptors (Lipinski definition) is 4. The lowest BCUT2D eigenvalue weighted by molar-refractivity contribution is 0.0116. The monoisotopic (exact) mass is 344 g/mol. The van der Waals surface area contributed by atoms with Gasteiger partial charge in [-0.1, -0.05) is 18.2 Å². The largest absolute Gasteiger partial charge is 0.481 e. The number of aromatic nitrogens is 1. The van der Waals surface area contributed by atoms with E-state index in [0.717, 1.165) is 0 Å². The Hall–Kier alpha value is -2.47. The molecule has 1 aromatic carbocycles. The van der Waals surface area contributed by atoms with Crippen LogP contribution in [0.3, 0.4) is 0 Å². The highest BCUT2D eigenvalue weighted by molar-refractivity contribution is 5.94. The van der Waals surface area contributed by atoms with Crippen molar-refractivity contribution in [2.24, 2.45) is 0 Å². The zero-order valence-electron chi connectivity index (χ0n) is 14.1. The molecule has 1 saturated heterocycles. The summed E-state index contributed by atoms with van der Waals surface area (Å²) < 4.78 is 19.1. The summed E-state index contributed by atoms with van der Waals surface area (Å²) in [6, 6.07) is 9.20. The van der Waals surface area contributed by atoms with Gasteiger partial charge in [0.25, 0.3) is 5.91 Å². The number of aliphatic hydroxyl groups excluding tert-OH is 1. The van der Waals surface area contributed by atoms with Crippen molar-refractivity contribution < 1.29 is 19.0 Å². The number of carbonyl (C=O) groups is 1. The van der Waals surface area contributed by atoms with Gasteiger partial charge in [-0.2, -0.15) is 0 Å². The number of rotatable bonds is 4. The van der Waals surface area contributed by atoms with Crippen molar-refractivity contribution in [2.45, 2.75) is 31.4 Å². The fraction of sp³-hybridized carbons (Fsp3) is 0.368. The van der Waals surface area contributed by atoms with Gasteiger partial charge in [0.15, 0.2) is 0 Å². The summed E-state index contributed by atoms with van der Waals surface area (Å²) in [7, 11) is 1.49. The highest BCUT2D eigenvalue weighted by Gasteiger charge is 2.34. The molecule has 1 amide bonds. The Morgan fingerprint density at radius 1 is 1.40 bits per heavy atom. The number of hydrogen-bond donors (Lipinski definition) is 1. The first-order valence-electron chi connectivity index (χ1n) is 8.32. The van der Waals surface area contributed by atoms with E-state index in [4.69, 9.17) is 4.74 Å². The highest BCUT2D eigenvalue weighted by Crippen LogP contribution is 2.25. The number of nitrogens with zero attached hydrogens (tertiary/aromatic N) is 2. The minimum absolute atomic E-state index is 0.208. The third kappa shape index (κ3) is 3.79. The zero-order chi connectivity index (χ0) is 17.8. The molecule has 0 bridgehead atoms. The second-order valence-electron chi connectivity index (χ2n) is 6.16. The minimum atomic E-state index is -0.680. The van der Waals surface area contributed by atoms with Crippen molar-refractivity contribution >= 4 is 5.91 Å². The SMILES string of the molecule is COc1cc(C(=O)N2CCC[C@H](O)[C@@H]2Cc2ccccc2F)ccn1. The summed E-state index contributed by atoms with van der Waals surface area (Å²) in [5, 5.41) is 10.4. The first-order valence-corrected chi connectivity index (χ1v) is 8.32. The molecule has 1 aliphatic rings. The summed E-state index contributed by atoms with van der Waals surface area (Å²) in [6.45, 7) is 0.527. The van der Waals surface area contributed by atoms with Crippen LogP contribution in [-0.2, 0) is 6.42 Å². The summed E-state index contributed by atoms with van der Waals surface area (Å²) in [5.41, 5.74) is 0.943. The van der Waals surface area contributed by atoms with E-state index in [-0.39, 0.29) is 18.1 Å². The van der Waals surface area contributed by atoms with Gasteiger partial charge < -0.3 is 14.7 Å². The van der Waals surface area contributed by atoms with Crippen LogP contribution in [0.25, 0.3) is 0 Å². The maximum Gasteiger partial charge on any atom is 0.254 e. The van der Waals surface area contributed by atoms with Crippen LogP contribution in [0, 0.1) is 5.82 Å². The number of likely N-dealkylation sites (tertiary alicyclic amines) is 1. The second-order valence-corrected chi connectivity index (χ2v) is 6.16. The molecule has 25 heavy (non-hydrogen) atoms. The first-order chi connectivity index (χ1) is 12.1. The number of aliphatic hydroxyl groups is 1. The predicted molar refractivity (Wildman–Crippen MR) is 91.0 cm³/mol. The Kier molecular flexibility index (Phi) is 5.28. The molecule has 2 heterocycles. The molecule has 132 valence electrons. The van der Waals surface area contributed by atoms with Crippen LogP contribution in [0.4, 0.5) is 4.39 Å². The van der Waals surface area contributed by atoms with E-state index in [9.17, 15) is 14.3 Å². The molecule has 0 spiro atoms. The van der Waals surface area contributed by atoms with E-state index < -0.39 is 12.1 Å². The van der Waals surface area contributed by atoms with Crippen LogP contribution in [-0.4, -0.2) is 46.7 Å². The van der Waals surface area contributed by atoms with Crippen molar-refractivity contribution in [3.05, 3.63) is 59.5 Å². The maximum atomic E-state index is 14.0. The average molecular weight is 344 g/mol. The van der Waals surface area contributed by atoms with Crippen molar-refractivity contribution in [1.29, 1.82) is 0 Å². The van der Waals surface area contributed by atoms with Crippen molar-refractivity contribution in [3.8, 4) is 5.88 Å². The maximum absolute atomic E-state index is 14.0. The van der Waals surface area contributed by atoms with Gasteiger partial charge in [-0.3, -0.25) is 4.79 Å². The summed E-state index contributed by atoms with van der Waals surface area (Å²) >= 11 is 0. The number of benzene rings is 1. The Balaban J connectivity index is 1.86. The molecule has 6 heteroatoms. The smallest absolute Gasteiger partial charge is 0.254 e. The third-order valence-electron chi connectivity index (χ3n) is 4.58. The van der Waals surface area contributed by atoms with Crippen molar-refractivity contribution in [1.82, 2.24) is 9.88 Å². The molecule has 1 N–H and O–H groups in total. The molecular formula is C19H21FN2O3. The topological polar surface area (TPSA) is 62.7 Å². The van der Waals surface area contributed by atoms with Gasteiger partial charge >= 0.3 is 0 Å². The first kappa shape index (κ1) is 17.4. The molecule has 2 aromatic rings. The van der Waals surface area contributed by atoms with Gasteiger partial charge in [-0.05, 0) is 37.0 Å². The van der Waals surface area contributed by atoms with E-state index in [2.05, 4.69) is 4.98 Å². The normalized spacial score (nSPS) is 20.4. The van der Waals surface area contributed by atoms with Gasteiger partial charge in [0.1, 0.15) is 5.82 Å². The molecule has 5 nitrogen and oxygen atoms in total. The summed E-state index contributed by atoms with van der Waals surface area (Å²) in [5.74, 6) is -0.173. The van der Waals surface area contributed by atoms with Gasteiger partial charge in [0.05, 0.1) is 19.3 Å². The Labute approximate surface area is 146 Å². The van der Waals surface area contributed by atoms with Crippen LogP contribution in [0.15, 0.2) is 42.6 Å². The third-order valence-corrected chi connectivity index (χ3v) is 4.58. The molecule has 3 rings (SSSR count). The van der Waals surface area contributed by atoms with E-state index in [1.807, 2.05) is 0 Å². The van der Waals surface area contributed by atoms with Gasteiger partial charge in [-0.25, -0.2) is 9.37 Å². The standard InChI is InChI=1S/C19H21FN2O3/c1-25-18-12-14(8-9-21-18)19(24)22-10-4-7-17(23)16(22)11-13-5-2-3-6-15(13)20/h2-3,5-6,8-9,12,16-17,23H,4,7,10-11H2,1H3/t16-,17-/m0/s1. The fourth-order valence-electron chi connectivity index (χ4n) is 3.24. The number of piperidine rings is 1. The van der Waals surface area contributed by atoms with Gasteiger partial charge in [-0.15, -0.1) is 0 Å². The number of halogens is 1. The molecule has 2 atom stereocenters. The summed E-state index contributed by atoms with van der Waals surface area (Å²) in [6.07, 6.45) is 2.42. The van der Waals surface area contributed by atoms with Crippen molar-refractivity contribution in [2.75, 3.05) is 13.7 Å². The summed E-state index contributed by atoms with van der Waals surface area (Å²) in [4.78, 5) is 18.6. The number of ether oxygens (including phenoxy) is 1. The fourth-order valence-corrected chi connectivity index (χ4v) is 3.24. The number of methoxy groups -OCH3 is 1.